The number of carbonyl (C=O) groups excluding carboxylic acids is 1. The monoisotopic (exact) mass is 415 g/mol. The Labute approximate surface area is 186 Å². The van der Waals surface area contributed by atoms with Crippen molar-refractivity contribution in [3.63, 3.8) is 0 Å². The predicted molar refractivity (Wildman–Crippen MR) is 97.5 cm³/mol. The number of halogens is 1. The molecule has 27 heavy (non-hydrogen) atoms. The molecule has 0 heterocycles. The van der Waals surface area contributed by atoms with E-state index in [0.29, 0.717) is 17.1 Å². The van der Waals surface area contributed by atoms with E-state index < -0.39 is 16.0 Å². The summed E-state index contributed by atoms with van der Waals surface area (Å²) in [5.41, 5.74) is 2.88. The van der Waals surface area contributed by atoms with Gasteiger partial charge in [-0.15, -0.1) is 0 Å². The Morgan fingerprint density at radius 3 is 2.56 bits per heavy atom. The zero-order valence-corrected chi connectivity index (χ0v) is 18.6. The van der Waals surface area contributed by atoms with Crippen LogP contribution < -0.4 is 39.4 Å². The predicted octanol–water partition coefficient (Wildman–Crippen LogP) is -0.965. The van der Waals surface area contributed by atoms with Gasteiger partial charge in [0.1, 0.15) is 0 Å². The van der Waals surface area contributed by atoms with Crippen LogP contribution in [0.3, 0.4) is 0 Å². The number of aryl methyl sites for hydroxylation is 1. The number of sulfonamides is 1. The molecule has 3 rings (SSSR count). The fraction of sp³-hybridized carbons (Fsp3) is 0.316. The maximum absolute atomic E-state index is 12.4. The first kappa shape index (κ1) is 22.4. The van der Waals surface area contributed by atoms with E-state index >= 15 is 0 Å². The Hall–Kier alpha value is -0.890. The largest absolute Gasteiger partial charge is 1.00 e. The van der Waals surface area contributed by atoms with Crippen molar-refractivity contribution in [2.45, 2.75) is 36.5 Å². The quantitative estimate of drug-likeness (QED) is 0.615. The molecule has 0 spiro atoms. The van der Waals surface area contributed by atoms with Crippen LogP contribution in [-0.2, 0) is 27.7 Å². The zero-order chi connectivity index (χ0) is 18.7. The van der Waals surface area contributed by atoms with E-state index in [1.54, 1.807) is 18.2 Å². The number of hydrogen-bond acceptors (Lipinski definition) is 4. The van der Waals surface area contributed by atoms with Crippen molar-refractivity contribution in [3.8, 4) is 0 Å². The number of rotatable bonds is 6. The normalized spacial score (nSPS) is 16.3. The van der Waals surface area contributed by atoms with Crippen LogP contribution in [0.2, 0.25) is 5.02 Å². The topological polar surface area (TPSA) is 86.3 Å². The van der Waals surface area contributed by atoms with E-state index in [9.17, 15) is 18.3 Å². The van der Waals surface area contributed by atoms with Gasteiger partial charge in [0.2, 0.25) is 10.0 Å². The van der Waals surface area contributed by atoms with Gasteiger partial charge in [0.25, 0.3) is 0 Å². The Balaban J connectivity index is 0.00000261. The Bertz CT molecular complexity index is 916. The van der Waals surface area contributed by atoms with Gasteiger partial charge in [-0.25, -0.2) is 13.1 Å². The first-order chi connectivity index (χ1) is 12.3. The number of fused-ring (bicyclic) bond motifs is 1. The molecule has 0 radical (unpaired) electrons. The van der Waals surface area contributed by atoms with Crippen molar-refractivity contribution in [2.24, 2.45) is 0 Å². The van der Waals surface area contributed by atoms with Gasteiger partial charge in [0.05, 0.1) is 4.90 Å². The minimum Gasteiger partial charge on any atom is -0.550 e. The Morgan fingerprint density at radius 1 is 1.19 bits per heavy atom. The Kier molecular flexibility index (Phi) is 7.92. The summed E-state index contributed by atoms with van der Waals surface area (Å²) < 4.78 is 27.6. The van der Waals surface area contributed by atoms with E-state index in [1.165, 1.54) is 12.1 Å². The SMILES string of the molecule is O=C([O-])Cc1ccc2c(c1)CCCC2CNS(=O)(=O)c1ccc(Cl)cc1.[Na+]. The second kappa shape index (κ2) is 9.54. The van der Waals surface area contributed by atoms with Gasteiger partial charge in [-0.2, -0.15) is 0 Å². The maximum Gasteiger partial charge on any atom is 1.00 e. The van der Waals surface area contributed by atoms with Crippen molar-refractivity contribution in [1.29, 1.82) is 0 Å². The van der Waals surface area contributed by atoms with Gasteiger partial charge < -0.3 is 9.90 Å². The molecule has 2 aromatic carbocycles. The van der Waals surface area contributed by atoms with Gasteiger partial charge in [0, 0.05) is 24.0 Å². The van der Waals surface area contributed by atoms with Crippen LogP contribution in [0.5, 0.6) is 0 Å². The average molecular weight is 416 g/mol. The molecule has 1 unspecified atom stereocenters. The molecule has 0 amide bonds. The molecule has 0 saturated carbocycles. The number of carboxylic acid groups (broad SMARTS) is 1. The van der Waals surface area contributed by atoms with Gasteiger partial charge >= 0.3 is 29.6 Å². The minimum atomic E-state index is -3.60. The second-order valence-electron chi connectivity index (χ2n) is 6.48. The van der Waals surface area contributed by atoms with Gasteiger partial charge in [-0.05, 0) is 66.1 Å². The molecule has 138 valence electrons. The van der Waals surface area contributed by atoms with Crippen molar-refractivity contribution in [1.82, 2.24) is 4.72 Å². The minimum absolute atomic E-state index is 0. The number of carboxylic acids is 1. The fourth-order valence-electron chi connectivity index (χ4n) is 3.36. The smallest absolute Gasteiger partial charge is 0.550 e. The molecule has 1 atom stereocenters. The number of aliphatic carboxylic acids is 1. The standard InChI is InChI=1S/C19H20ClNO4S.Na/c20-16-5-7-17(8-6-16)26(24,25)21-12-15-3-1-2-14-10-13(11-19(22)23)4-9-18(14)15;/h4-10,15,21H,1-3,11-12H2,(H,22,23);/q;+1/p-1. The first-order valence-electron chi connectivity index (χ1n) is 8.42. The molecule has 0 bridgehead atoms. The molecule has 1 aliphatic carbocycles. The third kappa shape index (κ3) is 5.79. The van der Waals surface area contributed by atoms with Crippen LogP contribution in [0.4, 0.5) is 0 Å². The fourth-order valence-corrected chi connectivity index (χ4v) is 4.57. The molecular weight excluding hydrogens is 397 g/mol. The summed E-state index contributed by atoms with van der Waals surface area (Å²) in [5, 5.41) is 11.3. The number of nitrogens with one attached hydrogen (secondary N) is 1. The van der Waals surface area contributed by atoms with Crippen molar-refractivity contribution in [2.75, 3.05) is 6.54 Å². The molecule has 0 fully saturated rings. The van der Waals surface area contributed by atoms with E-state index in [0.717, 1.165) is 30.4 Å². The summed E-state index contributed by atoms with van der Waals surface area (Å²) >= 11 is 5.81. The van der Waals surface area contributed by atoms with E-state index in [1.807, 2.05) is 12.1 Å². The molecule has 0 aromatic heterocycles. The molecule has 0 aliphatic heterocycles. The summed E-state index contributed by atoms with van der Waals surface area (Å²) in [4.78, 5) is 11.0. The number of carbonyl (C=O) groups is 1. The van der Waals surface area contributed by atoms with Crippen LogP contribution >= 0.6 is 11.6 Å². The van der Waals surface area contributed by atoms with E-state index in [2.05, 4.69) is 4.72 Å². The molecule has 8 heteroatoms. The molecule has 0 saturated heterocycles. The molecule has 5 nitrogen and oxygen atoms in total. The van der Waals surface area contributed by atoms with Crippen LogP contribution in [0.25, 0.3) is 0 Å². The average Bonchev–Trinajstić information content (AvgIpc) is 2.59. The Morgan fingerprint density at radius 2 is 1.89 bits per heavy atom. The van der Waals surface area contributed by atoms with E-state index in [-0.39, 0.29) is 46.8 Å². The van der Waals surface area contributed by atoms with Crippen LogP contribution in [0.15, 0.2) is 47.4 Å². The van der Waals surface area contributed by atoms with Crippen LogP contribution in [-0.4, -0.2) is 20.9 Å². The maximum atomic E-state index is 12.4. The van der Waals surface area contributed by atoms with E-state index in [4.69, 9.17) is 11.6 Å². The second-order valence-corrected chi connectivity index (χ2v) is 8.68. The molecule has 2 aromatic rings. The number of benzene rings is 2. The third-order valence-corrected chi connectivity index (χ3v) is 6.33. The molecule has 1 N–H and O–H groups in total. The molecule has 1 aliphatic rings. The van der Waals surface area contributed by atoms with Crippen molar-refractivity contribution < 1.29 is 47.9 Å². The summed E-state index contributed by atoms with van der Waals surface area (Å²) in [6, 6.07) is 11.6. The summed E-state index contributed by atoms with van der Waals surface area (Å²) in [7, 11) is -3.60. The van der Waals surface area contributed by atoms with Gasteiger partial charge in [-0.1, -0.05) is 29.8 Å². The van der Waals surface area contributed by atoms with Crippen molar-refractivity contribution >= 4 is 27.6 Å². The van der Waals surface area contributed by atoms with Crippen molar-refractivity contribution in [3.05, 3.63) is 64.2 Å². The van der Waals surface area contributed by atoms with Gasteiger partial charge in [0.15, 0.2) is 0 Å². The molecular formula is C19H19ClNNaO4S. The van der Waals surface area contributed by atoms with Gasteiger partial charge in [-0.3, -0.25) is 0 Å². The summed E-state index contributed by atoms with van der Waals surface area (Å²) in [5.74, 6) is -1.04. The summed E-state index contributed by atoms with van der Waals surface area (Å²) in [6.45, 7) is 0.303. The zero-order valence-electron chi connectivity index (χ0n) is 15.1. The third-order valence-electron chi connectivity index (χ3n) is 4.64. The summed E-state index contributed by atoms with van der Waals surface area (Å²) in [6.07, 6.45) is 2.59. The van der Waals surface area contributed by atoms with Crippen LogP contribution in [0.1, 0.15) is 35.4 Å². The van der Waals surface area contributed by atoms with Crippen LogP contribution in [0, 0.1) is 0 Å². The first-order valence-corrected chi connectivity index (χ1v) is 10.3. The number of hydrogen-bond donors (Lipinski definition) is 1.